The van der Waals surface area contributed by atoms with Crippen molar-refractivity contribution in [3.8, 4) is 0 Å². The third kappa shape index (κ3) is 2.80. The van der Waals surface area contributed by atoms with Gasteiger partial charge >= 0.3 is 0 Å². The summed E-state index contributed by atoms with van der Waals surface area (Å²) in [7, 11) is 0. The lowest BCUT2D eigenvalue weighted by Gasteiger charge is -2.38. The molecule has 0 aromatic heterocycles. The normalized spacial score (nSPS) is 30.8. The molecule has 2 aliphatic rings. The van der Waals surface area contributed by atoms with E-state index in [-0.39, 0.29) is 5.54 Å². The minimum absolute atomic E-state index is 0.285. The molecule has 0 aromatic rings. The zero-order valence-electron chi connectivity index (χ0n) is 11.2. The molecule has 2 rings (SSSR count). The molecule has 1 amide bonds. The summed E-state index contributed by atoms with van der Waals surface area (Å²) in [5, 5.41) is 3.36. The van der Waals surface area contributed by atoms with Crippen LogP contribution in [0.3, 0.4) is 0 Å². The number of nitrogens with one attached hydrogen (secondary N) is 1. The summed E-state index contributed by atoms with van der Waals surface area (Å²) in [5.41, 5.74) is -0.285. The first-order valence-electron chi connectivity index (χ1n) is 6.92. The van der Waals surface area contributed by atoms with Crippen LogP contribution in [-0.4, -0.2) is 60.5 Å². The van der Waals surface area contributed by atoms with Crippen molar-refractivity contribution in [3.63, 3.8) is 0 Å². The smallest absolute Gasteiger partial charge is 0.242 e. The van der Waals surface area contributed by atoms with Crippen LogP contribution in [0.4, 0.5) is 0 Å². The standard InChI is InChI=1S/C13H25N3O/c1-3-7-15-8-10-16(11-9-15)12(17)13(2)5-4-6-14-13/h14H,3-11H2,1-2H3. The molecule has 17 heavy (non-hydrogen) atoms. The Morgan fingerprint density at radius 1 is 1.29 bits per heavy atom. The molecular formula is C13H25N3O. The van der Waals surface area contributed by atoms with Gasteiger partial charge in [0.25, 0.3) is 0 Å². The first-order valence-corrected chi connectivity index (χ1v) is 6.92. The van der Waals surface area contributed by atoms with E-state index in [1.165, 1.54) is 6.42 Å². The molecule has 0 bridgehead atoms. The maximum atomic E-state index is 12.4. The Balaban J connectivity index is 1.86. The van der Waals surface area contributed by atoms with Crippen molar-refractivity contribution in [3.05, 3.63) is 0 Å². The highest BCUT2D eigenvalue weighted by atomic mass is 16.2. The molecule has 2 fully saturated rings. The Morgan fingerprint density at radius 3 is 2.53 bits per heavy atom. The summed E-state index contributed by atoms with van der Waals surface area (Å²) in [5.74, 6) is 0.311. The Hall–Kier alpha value is -0.610. The number of carbonyl (C=O) groups excluding carboxylic acids is 1. The fraction of sp³-hybridized carbons (Fsp3) is 0.923. The van der Waals surface area contributed by atoms with E-state index >= 15 is 0 Å². The quantitative estimate of drug-likeness (QED) is 0.787. The highest BCUT2D eigenvalue weighted by Crippen LogP contribution is 2.21. The van der Waals surface area contributed by atoms with E-state index in [1.807, 2.05) is 4.90 Å². The second-order valence-corrected chi connectivity index (χ2v) is 5.50. The van der Waals surface area contributed by atoms with Gasteiger partial charge < -0.3 is 10.2 Å². The number of amides is 1. The van der Waals surface area contributed by atoms with Crippen LogP contribution in [0.5, 0.6) is 0 Å². The number of piperazine rings is 1. The lowest BCUT2D eigenvalue weighted by Crippen LogP contribution is -2.57. The largest absolute Gasteiger partial charge is 0.339 e. The Labute approximate surface area is 104 Å². The van der Waals surface area contributed by atoms with Crippen molar-refractivity contribution in [2.24, 2.45) is 0 Å². The summed E-state index contributed by atoms with van der Waals surface area (Å²) in [6.07, 6.45) is 3.31. The van der Waals surface area contributed by atoms with Crippen molar-refractivity contribution in [1.29, 1.82) is 0 Å². The average molecular weight is 239 g/mol. The second-order valence-electron chi connectivity index (χ2n) is 5.50. The van der Waals surface area contributed by atoms with Crippen molar-refractivity contribution in [2.75, 3.05) is 39.3 Å². The van der Waals surface area contributed by atoms with E-state index in [9.17, 15) is 4.79 Å². The van der Waals surface area contributed by atoms with Gasteiger partial charge in [0.2, 0.25) is 5.91 Å². The summed E-state index contributed by atoms with van der Waals surface area (Å²) in [4.78, 5) is 16.9. The molecule has 1 atom stereocenters. The first-order chi connectivity index (χ1) is 8.15. The van der Waals surface area contributed by atoms with Crippen molar-refractivity contribution < 1.29 is 4.79 Å². The fourth-order valence-electron chi connectivity index (χ4n) is 2.92. The summed E-state index contributed by atoms with van der Waals surface area (Å²) in [6.45, 7) is 10.3. The first kappa shape index (κ1) is 12.8. The van der Waals surface area contributed by atoms with Gasteiger partial charge in [-0.25, -0.2) is 0 Å². The zero-order valence-corrected chi connectivity index (χ0v) is 11.2. The van der Waals surface area contributed by atoms with Crippen LogP contribution in [0.25, 0.3) is 0 Å². The van der Waals surface area contributed by atoms with Crippen LogP contribution < -0.4 is 5.32 Å². The summed E-state index contributed by atoms with van der Waals surface area (Å²) in [6, 6.07) is 0. The minimum Gasteiger partial charge on any atom is -0.339 e. The summed E-state index contributed by atoms with van der Waals surface area (Å²) >= 11 is 0. The molecule has 4 nitrogen and oxygen atoms in total. The Kier molecular flexibility index (Phi) is 4.05. The van der Waals surface area contributed by atoms with Gasteiger partial charge in [-0.1, -0.05) is 6.92 Å². The minimum atomic E-state index is -0.285. The van der Waals surface area contributed by atoms with Crippen molar-refractivity contribution >= 4 is 5.91 Å². The molecule has 0 aromatic carbocycles. The number of carbonyl (C=O) groups is 1. The van der Waals surface area contributed by atoms with Crippen LogP contribution in [-0.2, 0) is 4.79 Å². The monoisotopic (exact) mass is 239 g/mol. The third-order valence-corrected chi connectivity index (χ3v) is 4.04. The number of rotatable bonds is 3. The molecule has 0 aliphatic carbocycles. The molecule has 4 heteroatoms. The van der Waals surface area contributed by atoms with Gasteiger partial charge in [0.15, 0.2) is 0 Å². The van der Waals surface area contributed by atoms with Crippen LogP contribution >= 0.6 is 0 Å². The highest BCUT2D eigenvalue weighted by Gasteiger charge is 2.39. The number of hydrogen-bond acceptors (Lipinski definition) is 3. The average Bonchev–Trinajstić information content (AvgIpc) is 2.78. The van der Waals surface area contributed by atoms with Crippen molar-refractivity contribution in [1.82, 2.24) is 15.1 Å². The van der Waals surface area contributed by atoms with E-state index in [2.05, 4.69) is 24.1 Å². The number of nitrogens with zero attached hydrogens (tertiary/aromatic N) is 2. The van der Waals surface area contributed by atoms with E-state index < -0.39 is 0 Å². The van der Waals surface area contributed by atoms with E-state index in [0.29, 0.717) is 5.91 Å². The Bertz CT molecular complexity index is 266. The molecule has 2 heterocycles. The summed E-state index contributed by atoms with van der Waals surface area (Å²) < 4.78 is 0. The fourth-order valence-corrected chi connectivity index (χ4v) is 2.92. The van der Waals surface area contributed by atoms with Crippen LogP contribution in [0.15, 0.2) is 0 Å². The maximum Gasteiger partial charge on any atom is 0.242 e. The van der Waals surface area contributed by atoms with Gasteiger partial charge in [-0.15, -0.1) is 0 Å². The van der Waals surface area contributed by atoms with Gasteiger partial charge in [0.05, 0.1) is 5.54 Å². The predicted molar refractivity (Wildman–Crippen MR) is 69.0 cm³/mol. The molecule has 0 radical (unpaired) electrons. The van der Waals surface area contributed by atoms with E-state index in [1.54, 1.807) is 0 Å². The predicted octanol–water partition coefficient (Wildman–Crippen LogP) is 0.683. The molecule has 0 spiro atoms. The van der Waals surface area contributed by atoms with E-state index in [0.717, 1.165) is 52.1 Å². The van der Waals surface area contributed by atoms with Crippen LogP contribution in [0.1, 0.15) is 33.1 Å². The lowest BCUT2D eigenvalue weighted by molar-refractivity contribution is -0.139. The van der Waals surface area contributed by atoms with Gasteiger partial charge in [-0.3, -0.25) is 9.69 Å². The molecule has 2 aliphatic heterocycles. The molecular weight excluding hydrogens is 214 g/mol. The molecule has 1 N–H and O–H groups in total. The zero-order chi connectivity index (χ0) is 12.3. The Morgan fingerprint density at radius 2 is 2.00 bits per heavy atom. The molecule has 1 unspecified atom stereocenters. The molecule has 2 saturated heterocycles. The number of hydrogen-bond donors (Lipinski definition) is 1. The van der Waals surface area contributed by atoms with Crippen LogP contribution in [0, 0.1) is 0 Å². The van der Waals surface area contributed by atoms with Crippen molar-refractivity contribution in [2.45, 2.75) is 38.6 Å². The maximum absolute atomic E-state index is 12.4. The second kappa shape index (κ2) is 5.36. The van der Waals surface area contributed by atoms with Crippen LogP contribution in [0.2, 0.25) is 0 Å². The molecule has 98 valence electrons. The van der Waals surface area contributed by atoms with E-state index in [4.69, 9.17) is 0 Å². The molecule has 0 saturated carbocycles. The van der Waals surface area contributed by atoms with Gasteiger partial charge in [0, 0.05) is 26.2 Å². The SMILES string of the molecule is CCCN1CCN(C(=O)C2(C)CCCN2)CC1. The third-order valence-electron chi connectivity index (χ3n) is 4.04. The van der Waals surface area contributed by atoms with Gasteiger partial charge in [0.1, 0.15) is 0 Å². The lowest BCUT2D eigenvalue weighted by atomic mass is 9.98. The topological polar surface area (TPSA) is 35.6 Å². The highest BCUT2D eigenvalue weighted by molar-refractivity contribution is 5.86. The van der Waals surface area contributed by atoms with Gasteiger partial charge in [-0.05, 0) is 39.3 Å². The van der Waals surface area contributed by atoms with Gasteiger partial charge in [-0.2, -0.15) is 0 Å².